The monoisotopic (exact) mass is 289 g/mol. The second-order valence-electron chi connectivity index (χ2n) is 4.88. The van der Waals surface area contributed by atoms with Crippen molar-refractivity contribution in [1.82, 2.24) is 4.90 Å². The Morgan fingerprint density at radius 1 is 1.05 bits per heavy atom. The molecule has 0 aliphatic rings. The second kappa shape index (κ2) is 6.91. The zero-order chi connectivity index (χ0) is 14.5. The van der Waals surface area contributed by atoms with Gasteiger partial charge in [0, 0.05) is 18.1 Å². The highest BCUT2D eigenvalue weighted by atomic mass is 35.5. The van der Waals surface area contributed by atoms with Crippen LogP contribution in [0.2, 0.25) is 5.02 Å². The molecule has 0 radical (unpaired) electrons. The quantitative estimate of drug-likeness (QED) is 0.823. The van der Waals surface area contributed by atoms with Crippen LogP contribution in [0, 0.1) is 0 Å². The van der Waals surface area contributed by atoms with E-state index in [1.807, 2.05) is 43.4 Å². The van der Waals surface area contributed by atoms with E-state index in [1.54, 1.807) is 12.1 Å². The van der Waals surface area contributed by atoms with Crippen molar-refractivity contribution < 1.29 is 10.0 Å². The molecule has 0 fully saturated rings. The van der Waals surface area contributed by atoms with Gasteiger partial charge in [-0.3, -0.25) is 4.90 Å². The molecule has 2 aromatic rings. The summed E-state index contributed by atoms with van der Waals surface area (Å²) in [4.78, 5) is 2.13. The second-order valence-corrected chi connectivity index (χ2v) is 5.29. The normalized spacial score (nSPS) is 10.8. The standard InChI is InChI=1S/C15H17BClNO2/c1-18(11-13-6-2-3-8-15(13)17)10-12-5-4-7-14(9-12)16(19)20/h2-9,19-20H,10-11H2,1H3. The third-order valence-corrected chi connectivity index (χ3v) is 3.47. The Balaban J connectivity index is 2.03. The molecule has 0 saturated heterocycles. The number of nitrogens with zero attached hydrogens (tertiary/aromatic N) is 1. The van der Waals surface area contributed by atoms with Crippen molar-refractivity contribution in [3.8, 4) is 0 Å². The minimum Gasteiger partial charge on any atom is -0.423 e. The van der Waals surface area contributed by atoms with Crippen LogP contribution in [0.15, 0.2) is 48.5 Å². The lowest BCUT2D eigenvalue weighted by Crippen LogP contribution is -2.30. The molecule has 0 heterocycles. The number of hydrogen-bond donors (Lipinski definition) is 2. The maximum atomic E-state index is 9.18. The molecule has 20 heavy (non-hydrogen) atoms. The van der Waals surface area contributed by atoms with E-state index in [1.165, 1.54) is 0 Å². The van der Waals surface area contributed by atoms with E-state index in [9.17, 15) is 10.0 Å². The van der Waals surface area contributed by atoms with Crippen LogP contribution >= 0.6 is 11.6 Å². The highest BCUT2D eigenvalue weighted by Gasteiger charge is 2.11. The fourth-order valence-corrected chi connectivity index (χ4v) is 2.33. The SMILES string of the molecule is CN(Cc1cccc(B(O)O)c1)Cc1ccccc1Cl. The van der Waals surface area contributed by atoms with E-state index in [2.05, 4.69) is 4.90 Å². The Morgan fingerprint density at radius 3 is 2.50 bits per heavy atom. The molecule has 0 aromatic heterocycles. The van der Waals surface area contributed by atoms with Crippen molar-refractivity contribution in [3.63, 3.8) is 0 Å². The first-order chi connectivity index (χ1) is 9.56. The molecule has 2 rings (SSSR count). The van der Waals surface area contributed by atoms with Gasteiger partial charge in [0.05, 0.1) is 0 Å². The Hall–Kier alpha value is -1.33. The maximum Gasteiger partial charge on any atom is 0.488 e. The highest BCUT2D eigenvalue weighted by Crippen LogP contribution is 2.17. The van der Waals surface area contributed by atoms with Gasteiger partial charge >= 0.3 is 7.12 Å². The zero-order valence-electron chi connectivity index (χ0n) is 11.3. The van der Waals surface area contributed by atoms with Crippen molar-refractivity contribution in [2.75, 3.05) is 7.05 Å². The van der Waals surface area contributed by atoms with Crippen LogP contribution in [-0.4, -0.2) is 29.1 Å². The fraction of sp³-hybridized carbons (Fsp3) is 0.200. The van der Waals surface area contributed by atoms with Crippen molar-refractivity contribution in [3.05, 3.63) is 64.7 Å². The maximum absolute atomic E-state index is 9.18. The minimum atomic E-state index is -1.43. The lowest BCUT2D eigenvalue weighted by molar-refractivity contribution is 0.319. The largest absolute Gasteiger partial charge is 0.488 e. The molecular weight excluding hydrogens is 272 g/mol. The summed E-state index contributed by atoms with van der Waals surface area (Å²) < 4.78 is 0. The van der Waals surface area contributed by atoms with Crippen LogP contribution in [0.4, 0.5) is 0 Å². The summed E-state index contributed by atoms with van der Waals surface area (Å²) in [6.07, 6.45) is 0. The summed E-state index contributed by atoms with van der Waals surface area (Å²) in [5.41, 5.74) is 2.62. The summed E-state index contributed by atoms with van der Waals surface area (Å²) >= 11 is 6.15. The number of halogens is 1. The molecule has 104 valence electrons. The third-order valence-electron chi connectivity index (χ3n) is 3.10. The molecule has 0 spiro atoms. The molecular formula is C15H17BClNO2. The summed E-state index contributed by atoms with van der Waals surface area (Å²) in [6.45, 7) is 1.46. The molecule has 0 amide bonds. The van der Waals surface area contributed by atoms with Crippen molar-refractivity contribution >= 4 is 24.2 Å². The number of hydrogen-bond acceptors (Lipinski definition) is 3. The van der Waals surface area contributed by atoms with Crippen LogP contribution < -0.4 is 5.46 Å². The Bertz CT molecular complexity index is 577. The Morgan fingerprint density at radius 2 is 1.80 bits per heavy atom. The molecule has 2 N–H and O–H groups in total. The van der Waals surface area contributed by atoms with Crippen LogP contribution in [0.5, 0.6) is 0 Å². The van der Waals surface area contributed by atoms with Gasteiger partial charge in [0.25, 0.3) is 0 Å². The van der Waals surface area contributed by atoms with E-state index in [0.29, 0.717) is 12.0 Å². The predicted molar refractivity (Wildman–Crippen MR) is 82.9 cm³/mol. The Kier molecular flexibility index (Phi) is 5.20. The first kappa shape index (κ1) is 15.1. The highest BCUT2D eigenvalue weighted by molar-refractivity contribution is 6.58. The summed E-state index contributed by atoms with van der Waals surface area (Å²) in [7, 11) is 0.578. The van der Waals surface area contributed by atoms with Gasteiger partial charge in [0.15, 0.2) is 0 Å². The average Bonchev–Trinajstić information content (AvgIpc) is 2.41. The molecule has 2 aromatic carbocycles. The van der Waals surface area contributed by atoms with Crippen LogP contribution in [0.25, 0.3) is 0 Å². The lowest BCUT2D eigenvalue weighted by Gasteiger charge is -2.18. The van der Waals surface area contributed by atoms with E-state index in [4.69, 9.17) is 11.6 Å². The van der Waals surface area contributed by atoms with Gasteiger partial charge in [-0.15, -0.1) is 0 Å². The van der Waals surface area contributed by atoms with Gasteiger partial charge < -0.3 is 10.0 Å². The molecule has 0 aliphatic carbocycles. The Labute approximate surface area is 124 Å². The molecule has 0 saturated carbocycles. The van der Waals surface area contributed by atoms with Gasteiger partial charge in [0.1, 0.15) is 0 Å². The van der Waals surface area contributed by atoms with Gasteiger partial charge in [0.2, 0.25) is 0 Å². The molecule has 3 nitrogen and oxygen atoms in total. The number of benzene rings is 2. The molecule has 0 atom stereocenters. The number of rotatable bonds is 5. The van der Waals surface area contributed by atoms with Crippen LogP contribution in [0.3, 0.4) is 0 Å². The molecule has 0 aliphatic heterocycles. The minimum absolute atomic E-state index is 0.508. The smallest absolute Gasteiger partial charge is 0.423 e. The van der Waals surface area contributed by atoms with Crippen LogP contribution in [-0.2, 0) is 13.1 Å². The van der Waals surface area contributed by atoms with Gasteiger partial charge in [-0.25, -0.2) is 0 Å². The van der Waals surface area contributed by atoms with Crippen LogP contribution in [0.1, 0.15) is 11.1 Å². The van der Waals surface area contributed by atoms with E-state index >= 15 is 0 Å². The molecule has 5 heteroatoms. The van der Waals surface area contributed by atoms with Gasteiger partial charge in [-0.1, -0.05) is 54.1 Å². The predicted octanol–water partition coefficient (Wildman–Crippen LogP) is 1.65. The summed E-state index contributed by atoms with van der Waals surface area (Å²) in [5.74, 6) is 0. The van der Waals surface area contributed by atoms with Crippen molar-refractivity contribution in [2.24, 2.45) is 0 Å². The zero-order valence-corrected chi connectivity index (χ0v) is 12.1. The summed E-state index contributed by atoms with van der Waals surface area (Å²) in [5, 5.41) is 19.1. The van der Waals surface area contributed by atoms with Crippen molar-refractivity contribution in [1.29, 1.82) is 0 Å². The fourth-order valence-electron chi connectivity index (χ4n) is 2.14. The van der Waals surface area contributed by atoms with E-state index in [0.717, 1.165) is 22.7 Å². The lowest BCUT2D eigenvalue weighted by atomic mass is 9.79. The molecule has 0 unspecified atom stereocenters. The topological polar surface area (TPSA) is 43.7 Å². The first-order valence-corrected chi connectivity index (χ1v) is 6.81. The van der Waals surface area contributed by atoms with E-state index in [-0.39, 0.29) is 0 Å². The van der Waals surface area contributed by atoms with Gasteiger partial charge in [-0.2, -0.15) is 0 Å². The average molecular weight is 290 g/mol. The molecule has 0 bridgehead atoms. The van der Waals surface area contributed by atoms with E-state index < -0.39 is 7.12 Å². The van der Waals surface area contributed by atoms with Gasteiger partial charge in [-0.05, 0) is 29.7 Å². The summed E-state index contributed by atoms with van der Waals surface area (Å²) in [6, 6.07) is 15.1. The van der Waals surface area contributed by atoms with Crippen molar-refractivity contribution in [2.45, 2.75) is 13.1 Å². The third kappa shape index (κ3) is 4.08. The first-order valence-electron chi connectivity index (χ1n) is 6.43.